The van der Waals surface area contributed by atoms with Gasteiger partial charge in [0.1, 0.15) is 5.75 Å². The first kappa shape index (κ1) is 35.5. The molecule has 0 aromatic heterocycles. The van der Waals surface area contributed by atoms with Crippen LogP contribution in [0.25, 0.3) is 0 Å². The van der Waals surface area contributed by atoms with E-state index in [1.807, 2.05) is 6.61 Å². The first-order valence-corrected chi connectivity index (χ1v) is 19.8. The summed E-state index contributed by atoms with van der Waals surface area (Å²) < 4.78 is 10.4. The predicted octanol–water partition coefficient (Wildman–Crippen LogP) is 9.88. The molecule has 0 radical (unpaired) electrons. The van der Waals surface area contributed by atoms with Crippen LogP contribution in [0.15, 0.2) is 29.3 Å². The Bertz CT molecular complexity index is 980. The standard InChI is InChI=1S/C25H37N2OP.C4H7O.3ClH.Cr/c1-15(2)29(16(3)4)27-25(22-13-20(8)24(28-10)21(9)14-22)26-23-18(6)11-17(5)12-19(23)7;1-2-4-5-3-1;;;;/h11-16H,1-10H3,(H,26,27);3H,1-2,4H2;3*1H;/q;-1;;;;+4/p-2. The van der Waals surface area contributed by atoms with Gasteiger partial charge in [0.25, 0.3) is 0 Å². The number of amidine groups is 1. The summed E-state index contributed by atoms with van der Waals surface area (Å²) >= 11 is -1.62. The molecule has 2 aromatic carbocycles. The maximum atomic E-state index is 5.58. The van der Waals surface area contributed by atoms with Gasteiger partial charge in [-0.05, 0) is 96.7 Å². The van der Waals surface area contributed by atoms with Gasteiger partial charge in [-0.2, -0.15) is 6.42 Å². The molecule has 38 heavy (non-hydrogen) atoms. The number of aryl methyl sites for hydroxylation is 5. The molecule has 1 aliphatic rings. The van der Waals surface area contributed by atoms with Crippen LogP contribution >= 0.6 is 38.2 Å². The van der Waals surface area contributed by atoms with Crippen LogP contribution in [-0.4, -0.2) is 30.9 Å². The molecule has 0 aliphatic carbocycles. The summed E-state index contributed by atoms with van der Waals surface area (Å²) in [5, 5.41) is 3.89. The average molecular weight is 643 g/mol. The second kappa shape index (κ2) is 18.0. The number of hydrogen-bond acceptors (Lipinski definition) is 3. The molecule has 0 saturated carbocycles. The van der Waals surface area contributed by atoms with Crippen LogP contribution in [0.5, 0.6) is 5.75 Å². The Balaban J connectivity index is 0.000000679. The van der Waals surface area contributed by atoms with Crippen LogP contribution in [0.2, 0.25) is 0 Å². The van der Waals surface area contributed by atoms with E-state index in [0.717, 1.165) is 47.0 Å². The van der Waals surface area contributed by atoms with Crippen molar-refractivity contribution in [3.8, 4) is 5.75 Å². The Labute approximate surface area is 249 Å². The van der Waals surface area contributed by atoms with Crippen LogP contribution in [0.1, 0.15) is 73.9 Å². The molecule has 0 unspecified atom stereocenters. The summed E-state index contributed by atoms with van der Waals surface area (Å²) in [5.74, 6) is 1.93. The number of benzene rings is 2. The number of rotatable bonds is 6. The third kappa shape index (κ3) is 12.3. The second-order valence-corrected chi connectivity index (χ2v) is 19.9. The number of nitrogens with one attached hydrogen (secondary N) is 1. The van der Waals surface area contributed by atoms with Gasteiger partial charge in [-0.1, -0.05) is 24.1 Å². The van der Waals surface area contributed by atoms with Crippen molar-refractivity contribution < 1.29 is 20.9 Å². The van der Waals surface area contributed by atoms with Gasteiger partial charge in [-0.25, -0.2) is 16.7 Å². The Morgan fingerprint density at radius 3 is 1.79 bits per heavy atom. The Hall–Kier alpha value is -0.498. The zero-order valence-electron chi connectivity index (χ0n) is 24.5. The van der Waals surface area contributed by atoms with Gasteiger partial charge < -0.3 is 9.47 Å². The van der Waals surface area contributed by atoms with Crippen molar-refractivity contribution >= 4 is 49.7 Å². The number of nitrogens with zero attached hydrogens (tertiary/aromatic N) is 1. The molecule has 0 atom stereocenters. The van der Waals surface area contributed by atoms with Crippen molar-refractivity contribution in [2.24, 2.45) is 4.99 Å². The van der Waals surface area contributed by atoms with Crippen LogP contribution in [-0.2, 0) is 16.1 Å². The third-order valence-electron chi connectivity index (χ3n) is 6.01. The van der Waals surface area contributed by atoms with Crippen molar-refractivity contribution in [1.82, 2.24) is 5.09 Å². The van der Waals surface area contributed by atoms with Gasteiger partial charge in [0.15, 0.2) is 5.84 Å². The molecule has 214 valence electrons. The minimum atomic E-state index is -1.62. The van der Waals surface area contributed by atoms with Crippen LogP contribution < -0.4 is 9.82 Å². The molecule has 2 aromatic rings. The van der Waals surface area contributed by atoms with E-state index in [2.05, 4.69) is 91.7 Å². The van der Waals surface area contributed by atoms with E-state index in [4.69, 9.17) is 44.6 Å². The Kier molecular flexibility index (Phi) is 16.9. The van der Waals surface area contributed by atoms with Gasteiger partial charge in [0.05, 0.1) is 32.2 Å². The predicted molar refractivity (Wildman–Crippen MR) is 168 cm³/mol. The van der Waals surface area contributed by atoms with Crippen molar-refractivity contribution in [3.63, 3.8) is 0 Å². The quantitative estimate of drug-likeness (QED) is 0.148. The summed E-state index contributed by atoms with van der Waals surface area (Å²) in [6, 6.07) is 8.81. The SMILES string of the molecule is COc1c(C)cc(C(=Nc2c(C)cc(C)cc2C)N[PH+](C(C)C)C(C)C)cc1C.[CH-]1CCCO1.[Cl][Cr+]([Cl])[Cl]. The fraction of sp³-hybridized carbons (Fsp3) is 0.517. The van der Waals surface area contributed by atoms with Crippen molar-refractivity contribution in [2.45, 2.75) is 86.5 Å². The molecule has 3 rings (SSSR count). The number of ether oxygens (including phenoxy) is 2. The molecule has 0 bridgehead atoms. The molecule has 0 amide bonds. The first-order valence-electron chi connectivity index (χ1n) is 12.9. The molecule has 1 saturated heterocycles. The summed E-state index contributed by atoms with van der Waals surface area (Å²) in [6.45, 7) is 22.7. The third-order valence-corrected chi connectivity index (χ3v) is 9.02. The fourth-order valence-corrected chi connectivity index (χ4v) is 6.93. The summed E-state index contributed by atoms with van der Waals surface area (Å²) in [4.78, 5) is 5.20. The fourth-order valence-electron chi connectivity index (χ4n) is 4.54. The average Bonchev–Trinajstić information content (AvgIpc) is 3.37. The van der Waals surface area contributed by atoms with E-state index in [0.29, 0.717) is 11.3 Å². The minimum absolute atomic E-state index is 0.603. The normalized spacial score (nSPS) is 13.4. The number of aliphatic imine (C=N–C) groups is 1. The van der Waals surface area contributed by atoms with Crippen LogP contribution in [0, 0.1) is 41.2 Å². The second-order valence-electron chi connectivity index (χ2n) is 10.1. The molecular formula is C29H45Cl3CrN2O2P+. The zero-order chi connectivity index (χ0) is 29.0. The molecule has 4 nitrogen and oxygen atoms in total. The van der Waals surface area contributed by atoms with E-state index in [1.54, 1.807) is 7.11 Å². The number of methoxy groups -OCH3 is 1. The van der Waals surface area contributed by atoms with Crippen LogP contribution in [0.4, 0.5) is 5.69 Å². The molecule has 1 heterocycles. The van der Waals surface area contributed by atoms with Crippen molar-refractivity contribution in [1.29, 1.82) is 0 Å². The monoisotopic (exact) mass is 641 g/mol. The van der Waals surface area contributed by atoms with Gasteiger partial charge in [0, 0.05) is 12.2 Å². The zero-order valence-corrected chi connectivity index (χ0v) is 29.0. The van der Waals surface area contributed by atoms with Gasteiger partial charge >= 0.3 is 41.5 Å². The Morgan fingerprint density at radius 2 is 1.45 bits per heavy atom. The maximum absolute atomic E-state index is 5.58. The van der Waals surface area contributed by atoms with Crippen molar-refractivity contribution in [2.75, 3.05) is 13.7 Å². The molecular weight excluding hydrogens is 598 g/mol. The number of hydrogen-bond donors (Lipinski definition) is 1. The van der Waals surface area contributed by atoms with E-state index in [9.17, 15) is 0 Å². The van der Waals surface area contributed by atoms with Crippen LogP contribution in [0.3, 0.4) is 0 Å². The summed E-state index contributed by atoms with van der Waals surface area (Å²) in [7, 11) is 15.7. The Morgan fingerprint density at radius 1 is 0.947 bits per heavy atom. The van der Waals surface area contributed by atoms with Gasteiger partial charge in [-0.3, -0.25) is 0 Å². The molecule has 0 spiro atoms. The summed E-state index contributed by atoms with van der Waals surface area (Å²) in [5.41, 5.74) is 9.38. The first-order chi connectivity index (χ1) is 17.8. The molecule has 1 fully saturated rings. The van der Waals surface area contributed by atoms with Gasteiger partial charge in [-0.15, -0.1) is 0 Å². The molecule has 1 aliphatic heterocycles. The summed E-state index contributed by atoms with van der Waals surface area (Å²) in [6.07, 6.45) is 2.38. The van der Waals surface area contributed by atoms with E-state index in [-0.39, 0.29) is 0 Å². The van der Waals surface area contributed by atoms with E-state index >= 15 is 0 Å². The number of halogens is 3. The topological polar surface area (TPSA) is 42.8 Å². The molecule has 9 heteroatoms. The molecule has 1 N–H and O–H groups in total. The van der Waals surface area contributed by atoms with Gasteiger partial charge in [0.2, 0.25) is 0 Å². The van der Waals surface area contributed by atoms with Crippen molar-refractivity contribution in [3.05, 3.63) is 64.3 Å². The van der Waals surface area contributed by atoms with E-state index < -0.39 is 19.5 Å². The van der Waals surface area contributed by atoms with E-state index in [1.165, 1.54) is 23.1 Å².